The normalized spacial score (nSPS) is 17.6. The molecule has 206 valence electrons. The first-order valence-electron chi connectivity index (χ1n) is 13.3. The van der Waals surface area contributed by atoms with E-state index in [1.807, 2.05) is 25.1 Å². The molecule has 0 saturated carbocycles. The fourth-order valence-corrected chi connectivity index (χ4v) is 5.35. The van der Waals surface area contributed by atoms with Crippen molar-refractivity contribution in [3.63, 3.8) is 0 Å². The molecule has 2 aliphatic heterocycles. The lowest BCUT2D eigenvalue weighted by Crippen LogP contribution is -2.25. The van der Waals surface area contributed by atoms with E-state index in [4.69, 9.17) is 20.1 Å². The molecule has 3 aromatic rings. The molecule has 1 aromatic heterocycles. The van der Waals surface area contributed by atoms with Gasteiger partial charge >= 0.3 is 11.9 Å². The zero-order chi connectivity index (χ0) is 27.7. The van der Waals surface area contributed by atoms with E-state index in [-0.39, 0.29) is 12.1 Å². The lowest BCUT2D eigenvalue weighted by atomic mass is 10.0. The van der Waals surface area contributed by atoms with Gasteiger partial charge in [0.2, 0.25) is 0 Å². The van der Waals surface area contributed by atoms with Crippen LogP contribution in [0.25, 0.3) is 21.8 Å². The quantitative estimate of drug-likeness (QED) is 0.140. The molecular formula is C28H34N6O5. The standard InChI is InChI=1S/C28H34N6O5/c1-5-8-24(31-38-17(3)35)19-11-22-21-12-20(28(32-39-18(4)36)37-15-33-9-6-7-10-33)13-23(29)26(21)34-16(2)30-25(14-19)27(22)34/h11-14,16,30H,5-10,15,29H2,1-4H3/b31-24+,32-28-. The van der Waals surface area contributed by atoms with Gasteiger partial charge in [-0.15, -0.1) is 0 Å². The van der Waals surface area contributed by atoms with E-state index >= 15 is 0 Å². The smallest absolute Gasteiger partial charge is 0.332 e. The average molecular weight is 535 g/mol. The highest BCUT2D eigenvalue weighted by molar-refractivity contribution is 6.20. The molecule has 0 bridgehead atoms. The molecule has 1 atom stereocenters. The molecule has 1 unspecified atom stereocenters. The number of carbonyl (C=O) groups is 2. The summed E-state index contributed by atoms with van der Waals surface area (Å²) in [6.45, 7) is 8.97. The molecule has 11 nitrogen and oxygen atoms in total. The van der Waals surface area contributed by atoms with Gasteiger partial charge in [-0.25, -0.2) is 9.59 Å². The number of likely N-dealkylation sites (tertiary alicyclic amines) is 1. The van der Waals surface area contributed by atoms with Crippen LogP contribution >= 0.6 is 0 Å². The van der Waals surface area contributed by atoms with Crippen molar-refractivity contribution in [2.45, 2.75) is 59.5 Å². The van der Waals surface area contributed by atoms with Crippen LogP contribution in [0, 0.1) is 0 Å². The van der Waals surface area contributed by atoms with E-state index < -0.39 is 11.9 Å². The van der Waals surface area contributed by atoms with E-state index in [9.17, 15) is 9.59 Å². The Morgan fingerprint density at radius 3 is 2.36 bits per heavy atom. The van der Waals surface area contributed by atoms with Gasteiger partial charge in [-0.3, -0.25) is 4.90 Å². The molecule has 3 heterocycles. The van der Waals surface area contributed by atoms with Crippen molar-refractivity contribution in [1.29, 1.82) is 0 Å². The number of anilines is 2. The van der Waals surface area contributed by atoms with Crippen LogP contribution in [0.2, 0.25) is 0 Å². The van der Waals surface area contributed by atoms with Crippen molar-refractivity contribution in [3.05, 3.63) is 35.4 Å². The summed E-state index contributed by atoms with van der Waals surface area (Å²) in [5.41, 5.74) is 12.2. The van der Waals surface area contributed by atoms with Gasteiger partial charge in [0.15, 0.2) is 0 Å². The summed E-state index contributed by atoms with van der Waals surface area (Å²) >= 11 is 0. The maximum absolute atomic E-state index is 11.6. The van der Waals surface area contributed by atoms with Crippen LogP contribution < -0.4 is 11.1 Å². The molecule has 0 aliphatic carbocycles. The number of aromatic nitrogens is 1. The number of nitrogens with one attached hydrogen (secondary N) is 1. The van der Waals surface area contributed by atoms with E-state index in [2.05, 4.69) is 32.0 Å². The maximum Gasteiger partial charge on any atom is 0.332 e. The summed E-state index contributed by atoms with van der Waals surface area (Å²) in [7, 11) is 0. The minimum absolute atomic E-state index is 0.0379. The van der Waals surface area contributed by atoms with Gasteiger partial charge in [0.05, 0.1) is 28.1 Å². The number of oxime groups is 2. The number of ether oxygens (including phenoxy) is 1. The SMILES string of the molecule is CCC/C(=N\OC(C)=O)c1cc2c3c(c1)c1cc(/C(=N/OC(C)=O)OCN4CCCC4)cc(N)c1n3C(C)N2. The predicted octanol–water partition coefficient (Wildman–Crippen LogP) is 4.68. The van der Waals surface area contributed by atoms with Crippen LogP contribution in [0.1, 0.15) is 70.7 Å². The third kappa shape index (κ3) is 5.26. The van der Waals surface area contributed by atoms with Crippen molar-refractivity contribution in [1.82, 2.24) is 9.47 Å². The summed E-state index contributed by atoms with van der Waals surface area (Å²) in [5, 5.41) is 13.6. The minimum atomic E-state index is -0.540. The number of benzene rings is 2. The van der Waals surface area contributed by atoms with E-state index in [1.165, 1.54) is 13.8 Å². The zero-order valence-electron chi connectivity index (χ0n) is 22.7. The van der Waals surface area contributed by atoms with Crippen LogP contribution in [0.5, 0.6) is 0 Å². The summed E-state index contributed by atoms with van der Waals surface area (Å²) in [6.07, 6.45) is 3.68. The van der Waals surface area contributed by atoms with Gasteiger partial charge in [0, 0.05) is 48.8 Å². The van der Waals surface area contributed by atoms with Crippen molar-refractivity contribution >= 4 is 56.7 Å². The van der Waals surface area contributed by atoms with Crippen molar-refractivity contribution < 1.29 is 24.0 Å². The fourth-order valence-electron chi connectivity index (χ4n) is 5.35. The zero-order valence-corrected chi connectivity index (χ0v) is 22.7. The monoisotopic (exact) mass is 534 g/mol. The van der Waals surface area contributed by atoms with Gasteiger partial charge in [-0.2, -0.15) is 0 Å². The van der Waals surface area contributed by atoms with Gasteiger partial charge in [-0.05, 0) is 55.6 Å². The van der Waals surface area contributed by atoms with Crippen LogP contribution in [-0.2, 0) is 24.0 Å². The van der Waals surface area contributed by atoms with Crippen LogP contribution in [0.4, 0.5) is 11.4 Å². The molecule has 0 radical (unpaired) electrons. The van der Waals surface area contributed by atoms with Crippen LogP contribution in [-0.4, -0.2) is 52.8 Å². The first-order chi connectivity index (χ1) is 18.8. The first-order valence-corrected chi connectivity index (χ1v) is 13.3. The van der Waals surface area contributed by atoms with Gasteiger partial charge < -0.3 is 30.0 Å². The second-order valence-electron chi connectivity index (χ2n) is 10.0. The number of nitrogens with two attached hydrogens (primary N) is 1. The summed E-state index contributed by atoms with van der Waals surface area (Å²) in [6, 6.07) is 7.84. The van der Waals surface area contributed by atoms with Crippen molar-refractivity contribution in [2.24, 2.45) is 10.3 Å². The Morgan fingerprint density at radius 1 is 1.00 bits per heavy atom. The number of hydrogen-bond acceptors (Lipinski definition) is 10. The number of rotatable bonds is 8. The Morgan fingerprint density at radius 2 is 1.67 bits per heavy atom. The molecule has 2 aromatic carbocycles. The molecule has 3 N–H and O–H groups in total. The number of fused-ring (bicyclic) bond motifs is 3. The third-order valence-electron chi connectivity index (χ3n) is 6.96. The summed E-state index contributed by atoms with van der Waals surface area (Å²) in [5.74, 6) is -0.820. The molecule has 1 saturated heterocycles. The first kappa shape index (κ1) is 26.5. The molecule has 39 heavy (non-hydrogen) atoms. The lowest BCUT2D eigenvalue weighted by Gasteiger charge is -2.17. The van der Waals surface area contributed by atoms with Crippen molar-refractivity contribution in [2.75, 3.05) is 30.9 Å². The average Bonchev–Trinajstić information content (AvgIpc) is 3.60. The highest BCUT2D eigenvalue weighted by Gasteiger charge is 2.28. The Kier molecular flexibility index (Phi) is 7.42. The van der Waals surface area contributed by atoms with Gasteiger partial charge in [-0.1, -0.05) is 18.5 Å². The Hall–Kier alpha value is -4.12. The van der Waals surface area contributed by atoms with Crippen LogP contribution in [0.3, 0.4) is 0 Å². The molecule has 5 rings (SSSR count). The Balaban J connectivity index is 1.65. The Labute approximate surface area is 226 Å². The fraction of sp³-hybridized carbons (Fsp3) is 0.429. The van der Waals surface area contributed by atoms with Crippen LogP contribution in [0.15, 0.2) is 34.6 Å². The largest absolute Gasteiger partial charge is 0.459 e. The van der Waals surface area contributed by atoms with Gasteiger partial charge in [0.25, 0.3) is 5.90 Å². The van der Waals surface area contributed by atoms with Crippen molar-refractivity contribution in [3.8, 4) is 0 Å². The summed E-state index contributed by atoms with van der Waals surface area (Å²) < 4.78 is 8.23. The minimum Gasteiger partial charge on any atom is -0.459 e. The van der Waals surface area contributed by atoms with Gasteiger partial charge in [0.1, 0.15) is 12.9 Å². The number of carbonyl (C=O) groups excluding carboxylic acids is 2. The molecule has 2 aliphatic rings. The number of hydrogen-bond donors (Lipinski definition) is 2. The highest BCUT2D eigenvalue weighted by Crippen LogP contribution is 2.44. The molecule has 0 spiro atoms. The van der Waals surface area contributed by atoms with E-state index in [1.54, 1.807) is 6.07 Å². The van der Waals surface area contributed by atoms with E-state index in [0.29, 0.717) is 30.1 Å². The topological polar surface area (TPSA) is 133 Å². The van der Waals surface area contributed by atoms with E-state index in [0.717, 1.165) is 65.4 Å². The molecular weight excluding hydrogens is 500 g/mol. The second-order valence-corrected chi connectivity index (χ2v) is 10.0. The lowest BCUT2D eigenvalue weighted by molar-refractivity contribution is -0.142. The number of nitrogens with zero attached hydrogens (tertiary/aromatic N) is 4. The predicted molar refractivity (Wildman–Crippen MR) is 150 cm³/mol. The Bertz CT molecular complexity index is 1500. The highest BCUT2D eigenvalue weighted by atomic mass is 16.7. The second kappa shape index (κ2) is 10.9. The molecule has 11 heteroatoms. The summed E-state index contributed by atoms with van der Waals surface area (Å²) in [4.78, 5) is 35.2. The molecule has 0 amide bonds. The number of nitrogen functional groups attached to an aromatic ring is 1. The third-order valence-corrected chi connectivity index (χ3v) is 6.96. The maximum atomic E-state index is 11.6. The molecule has 1 fully saturated rings.